The molecule has 156 valence electrons. The van der Waals surface area contributed by atoms with Crippen LogP contribution in [0.25, 0.3) is 0 Å². The number of sulfonamides is 1. The molecular formula is C21H19Cl2N3O3S. The van der Waals surface area contributed by atoms with E-state index in [0.29, 0.717) is 21.3 Å². The van der Waals surface area contributed by atoms with Crippen LogP contribution in [0.3, 0.4) is 0 Å². The van der Waals surface area contributed by atoms with E-state index in [-0.39, 0.29) is 24.5 Å². The lowest BCUT2D eigenvalue weighted by Crippen LogP contribution is -2.40. The minimum Gasteiger partial charge on any atom is -0.349 e. The van der Waals surface area contributed by atoms with Crippen molar-refractivity contribution in [3.8, 4) is 0 Å². The van der Waals surface area contributed by atoms with Crippen LogP contribution in [0.1, 0.15) is 11.3 Å². The molecule has 6 nitrogen and oxygen atoms in total. The average Bonchev–Trinajstić information content (AvgIpc) is 2.74. The van der Waals surface area contributed by atoms with Crippen molar-refractivity contribution in [3.63, 3.8) is 0 Å². The first kappa shape index (κ1) is 22.2. The van der Waals surface area contributed by atoms with E-state index in [2.05, 4.69) is 10.3 Å². The van der Waals surface area contributed by atoms with Crippen LogP contribution in [0.15, 0.2) is 77.8 Å². The van der Waals surface area contributed by atoms with Crippen molar-refractivity contribution in [1.82, 2.24) is 14.6 Å². The summed E-state index contributed by atoms with van der Waals surface area (Å²) in [5.74, 6) is -0.453. The number of rotatable bonds is 8. The number of nitrogens with one attached hydrogen (secondary N) is 1. The number of pyridine rings is 1. The highest BCUT2D eigenvalue weighted by Gasteiger charge is 2.27. The highest BCUT2D eigenvalue weighted by atomic mass is 35.5. The van der Waals surface area contributed by atoms with E-state index in [9.17, 15) is 13.2 Å². The van der Waals surface area contributed by atoms with Gasteiger partial charge in [-0.3, -0.25) is 9.78 Å². The van der Waals surface area contributed by atoms with Crippen LogP contribution >= 0.6 is 23.2 Å². The largest absolute Gasteiger partial charge is 0.349 e. The molecule has 3 aromatic rings. The zero-order valence-corrected chi connectivity index (χ0v) is 18.2. The molecule has 0 unspecified atom stereocenters. The third-order valence-corrected chi connectivity index (χ3v) is 6.70. The van der Waals surface area contributed by atoms with Crippen LogP contribution in [0.2, 0.25) is 10.0 Å². The van der Waals surface area contributed by atoms with E-state index in [1.807, 2.05) is 6.07 Å². The highest BCUT2D eigenvalue weighted by Crippen LogP contribution is 2.23. The van der Waals surface area contributed by atoms with E-state index in [1.54, 1.807) is 42.6 Å². The standard InChI is InChI=1S/C21H19Cl2N3O3S/c22-17-8-10-19(11-9-17)30(28,29)26(14-16-5-1-2-7-20(16)23)15-21(27)25-13-18-6-3-4-12-24-18/h1-12H,13-15H2,(H,25,27). The van der Waals surface area contributed by atoms with Gasteiger partial charge < -0.3 is 5.32 Å². The molecule has 1 N–H and O–H groups in total. The Balaban J connectivity index is 1.82. The first-order valence-corrected chi connectivity index (χ1v) is 11.2. The van der Waals surface area contributed by atoms with Crippen molar-refractivity contribution in [2.45, 2.75) is 18.0 Å². The second kappa shape index (κ2) is 10.0. The molecule has 0 spiro atoms. The fraction of sp³-hybridized carbons (Fsp3) is 0.143. The minimum atomic E-state index is -3.97. The Hall–Kier alpha value is -2.45. The lowest BCUT2D eigenvalue weighted by Gasteiger charge is -2.22. The minimum absolute atomic E-state index is 0.0384. The van der Waals surface area contributed by atoms with Crippen LogP contribution < -0.4 is 5.32 Å². The molecule has 3 rings (SSSR count). The number of benzene rings is 2. The van der Waals surface area contributed by atoms with Crippen molar-refractivity contribution in [1.29, 1.82) is 0 Å². The van der Waals surface area contributed by atoms with Crippen LogP contribution in [0.4, 0.5) is 0 Å². The van der Waals surface area contributed by atoms with Gasteiger partial charge in [-0.25, -0.2) is 8.42 Å². The molecule has 1 amide bonds. The Morgan fingerprint density at radius 3 is 2.33 bits per heavy atom. The molecule has 1 heterocycles. The maximum absolute atomic E-state index is 13.2. The Bertz CT molecular complexity index is 1110. The Kier molecular flexibility index (Phi) is 7.44. The topological polar surface area (TPSA) is 79.4 Å². The molecule has 0 saturated heterocycles. The first-order valence-electron chi connectivity index (χ1n) is 9.02. The smallest absolute Gasteiger partial charge is 0.243 e. The molecule has 0 bridgehead atoms. The molecular weight excluding hydrogens is 445 g/mol. The fourth-order valence-corrected chi connectivity index (χ4v) is 4.40. The molecule has 0 aliphatic rings. The first-order chi connectivity index (χ1) is 14.4. The van der Waals surface area contributed by atoms with Gasteiger partial charge in [0.15, 0.2) is 0 Å². The fourth-order valence-electron chi connectivity index (χ4n) is 2.71. The second-order valence-electron chi connectivity index (χ2n) is 6.42. The van der Waals surface area contributed by atoms with E-state index in [1.165, 1.54) is 24.3 Å². The second-order valence-corrected chi connectivity index (χ2v) is 9.20. The normalized spacial score (nSPS) is 11.4. The maximum atomic E-state index is 13.2. The Morgan fingerprint density at radius 2 is 1.67 bits per heavy atom. The Morgan fingerprint density at radius 1 is 0.967 bits per heavy atom. The summed E-state index contributed by atoms with van der Waals surface area (Å²) in [5.41, 5.74) is 1.26. The molecule has 0 aliphatic heterocycles. The van der Waals surface area contributed by atoms with Crippen LogP contribution in [0, 0.1) is 0 Å². The summed E-state index contributed by atoms with van der Waals surface area (Å²) in [5, 5.41) is 3.54. The summed E-state index contributed by atoms with van der Waals surface area (Å²) in [6.07, 6.45) is 1.62. The number of hydrogen-bond donors (Lipinski definition) is 1. The van der Waals surface area contributed by atoms with Gasteiger partial charge in [0.1, 0.15) is 0 Å². The molecule has 0 saturated carbocycles. The van der Waals surface area contributed by atoms with Crippen molar-refractivity contribution in [2.24, 2.45) is 0 Å². The molecule has 0 fully saturated rings. The van der Waals surface area contributed by atoms with Gasteiger partial charge in [-0.05, 0) is 48.0 Å². The van der Waals surface area contributed by atoms with Crippen LogP contribution in [0.5, 0.6) is 0 Å². The monoisotopic (exact) mass is 463 g/mol. The quantitative estimate of drug-likeness (QED) is 0.549. The zero-order valence-electron chi connectivity index (χ0n) is 15.8. The predicted octanol–water partition coefficient (Wildman–Crippen LogP) is 3.90. The maximum Gasteiger partial charge on any atom is 0.243 e. The third-order valence-electron chi connectivity index (χ3n) is 4.27. The number of hydrogen-bond acceptors (Lipinski definition) is 4. The van der Waals surface area contributed by atoms with Gasteiger partial charge in [-0.2, -0.15) is 4.31 Å². The molecule has 0 radical (unpaired) electrons. The van der Waals surface area contributed by atoms with Gasteiger partial charge in [0.2, 0.25) is 15.9 Å². The summed E-state index contributed by atoms with van der Waals surface area (Å²) in [7, 11) is -3.97. The summed E-state index contributed by atoms with van der Waals surface area (Å²) >= 11 is 12.1. The van der Waals surface area contributed by atoms with Gasteiger partial charge in [0, 0.05) is 22.8 Å². The van der Waals surface area contributed by atoms with Crippen molar-refractivity contribution < 1.29 is 13.2 Å². The van der Waals surface area contributed by atoms with Gasteiger partial charge in [0.25, 0.3) is 0 Å². The number of halogens is 2. The molecule has 9 heteroatoms. The molecule has 0 aliphatic carbocycles. The number of amides is 1. The predicted molar refractivity (Wildman–Crippen MR) is 117 cm³/mol. The SMILES string of the molecule is O=C(CN(Cc1ccccc1Cl)S(=O)(=O)c1ccc(Cl)cc1)NCc1ccccn1. The van der Waals surface area contributed by atoms with Crippen molar-refractivity contribution >= 4 is 39.1 Å². The Labute approximate surface area is 185 Å². The van der Waals surface area contributed by atoms with Gasteiger partial charge in [-0.15, -0.1) is 0 Å². The van der Waals surface area contributed by atoms with E-state index >= 15 is 0 Å². The molecule has 1 aromatic heterocycles. The molecule has 2 aromatic carbocycles. The van der Waals surface area contributed by atoms with E-state index in [4.69, 9.17) is 23.2 Å². The third kappa shape index (κ3) is 5.79. The number of carbonyl (C=O) groups is 1. The molecule has 30 heavy (non-hydrogen) atoms. The summed E-state index contributed by atoms with van der Waals surface area (Å²) in [6, 6.07) is 18.0. The number of nitrogens with zero attached hydrogens (tertiary/aromatic N) is 2. The van der Waals surface area contributed by atoms with Crippen molar-refractivity contribution in [2.75, 3.05) is 6.54 Å². The molecule has 0 atom stereocenters. The van der Waals surface area contributed by atoms with Gasteiger partial charge in [-0.1, -0.05) is 47.5 Å². The number of carbonyl (C=O) groups excluding carboxylic acids is 1. The van der Waals surface area contributed by atoms with Crippen LogP contribution in [-0.4, -0.2) is 30.2 Å². The average molecular weight is 464 g/mol. The summed E-state index contributed by atoms with van der Waals surface area (Å²) < 4.78 is 27.5. The summed E-state index contributed by atoms with van der Waals surface area (Å²) in [4.78, 5) is 16.7. The van der Waals surface area contributed by atoms with Crippen molar-refractivity contribution in [3.05, 3.63) is 94.2 Å². The number of aromatic nitrogens is 1. The van der Waals surface area contributed by atoms with E-state index in [0.717, 1.165) is 4.31 Å². The van der Waals surface area contributed by atoms with Crippen LogP contribution in [-0.2, 0) is 27.9 Å². The highest BCUT2D eigenvalue weighted by molar-refractivity contribution is 7.89. The zero-order chi connectivity index (χ0) is 21.6. The lowest BCUT2D eigenvalue weighted by molar-refractivity contribution is -0.121. The van der Waals surface area contributed by atoms with Gasteiger partial charge in [0.05, 0.1) is 23.7 Å². The summed E-state index contributed by atoms with van der Waals surface area (Å²) in [6.45, 7) is -0.231. The lowest BCUT2D eigenvalue weighted by atomic mass is 10.2. The van der Waals surface area contributed by atoms with E-state index < -0.39 is 15.9 Å². The van der Waals surface area contributed by atoms with Gasteiger partial charge >= 0.3 is 0 Å².